The van der Waals surface area contributed by atoms with Gasteiger partial charge in [0.25, 0.3) is 0 Å². The molecule has 1 saturated carbocycles. The van der Waals surface area contributed by atoms with E-state index in [1.165, 1.54) is 28.6 Å². The third-order valence-corrected chi connectivity index (χ3v) is 5.49. The maximum Gasteiger partial charge on any atom is 0.0580 e. The second-order valence-electron chi connectivity index (χ2n) is 5.34. The van der Waals surface area contributed by atoms with Crippen LogP contribution in [-0.2, 0) is 11.2 Å². The fourth-order valence-corrected chi connectivity index (χ4v) is 4.40. The lowest BCUT2D eigenvalue weighted by Crippen LogP contribution is -2.39. The van der Waals surface area contributed by atoms with Crippen molar-refractivity contribution in [2.24, 2.45) is 5.92 Å². The number of halogens is 1. The molecule has 0 bridgehead atoms. The van der Waals surface area contributed by atoms with Crippen molar-refractivity contribution in [1.29, 1.82) is 0 Å². The average Bonchev–Trinajstić information content (AvgIpc) is 2.72. The lowest BCUT2D eigenvalue weighted by molar-refractivity contribution is -0.0289. The van der Waals surface area contributed by atoms with E-state index < -0.39 is 0 Å². The summed E-state index contributed by atoms with van der Waals surface area (Å²) in [5, 5.41) is 5.81. The molecule has 1 aliphatic rings. The fraction of sp³-hybridized carbons (Fsp3) is 0.733. The van der Waals surface area contributed by atoms with Crippen molar-refractivity contribution in [2.45, 2.75) is 51.7 Å². The molecule has 108 valence electrons. The lowest BCUT2D eigenvalue weighted by atomic mass is 9.77. The monoisotopic (exact) mass is 345 g/mol. The molecule has 2 rings (SSSR count). The molecule has 0 aliphatic heterocycles. The first-order valence-electron chi connectivity index (χ1n) is 7.29. The average molecular weight is 346 g/mol. The molecule has 0 amide bonds. The molecule has 1 fully saturated rings. The smallest absolute Gasteiger partial charge is 0.0580 e. The number of rotatable bonds is 8. The summed E-state index contributed by atoms with van der Waals surface area (Å²) in [5.41, 5.74) is 0. The second-order valence-corrected chi connectivity index (χ2v) is 7.25. The quantitative estimate of drug-likeness (QED) is 0.760. The van der Waals surface area contributed by atoms with E-state index in [1.54, 1.807) is 0 Å². The van der Waals surface area contributed by atoms with Gasteiger partial charge in [-0.15, -0.1) is 11.3 Å². The van der Waals surface area contributed by atoms with Crippen molar-refractivity contribution in [3.63, 3.8) is 0 Å². The van der Waals surface area contributed by atoms with Crippen molar-refractivity contribution in [3.05, 3.63) is 20.8 Å². The van der Waals surface area contributed by atoms with Gasteiger partial charge >= 0.3 is 0 Å². The fourth-order valence-electron chi connectivity index (χ4n) is 2.87. The summed E-state index contributed by atoms with van der Waals surface area (Å²) in [6, 6.07) is 2.86. The minimum Gasteiger partial charge on any atom is -0.378 e. The molecule has 0 saturated heterocycles. The van der Waals surface area contributed by atoms with E-state index in [-0.39, 0.29) is 0 Å². The molecule has 1 aliphatic carbocycles. The summed E-state index contributed by atoms with van der Waals surface area (Å²) in [6.45, 7) is 6.20. The summed E-state index contributed by atoms with van der Waals surface area (Å²) in [6.07, 6.45) is 5.48. The molecule has 0 aromatic carbocycles. The third-order valence-electron chi connectivity index (χ3n) is 3.77. The zero-order chi connectivity index (χ0) is 13.7. The number of hydrogen-bond acceptors (Lipinski definition) is 3. The Morgan fingerprint density at radius 3 is 2.84 bits per heavy atom. The highest BCUT2D eigenvalue weighted by Gasteiger charge is 2.31. The molecule has 4 heteroatoms. The Hall–Kier alpha value is 0.1000. The minimum absolute atomic E-state index is 0.535. The molecule has 1 heterocycles. The van der Waals surface area contributed by atoms with Gasteiger partial charge in [-0.2, -0.15) is 0 Å². The summed E-state index contributed by atoms with van der Waals surface area (Å²) < 4.78 is 6.86. The standard InChI is InChI=1S/C15H24BrNOS/c1-3-17-13(9-15-8-12(16)10-19-15)5-11-6-14(7-11)18-4-2/h8,10-11,13-14,17H,3-7,9H2,1-2H3. The van der Waals surface area contributed by atoms with Gasteiger partial charge in [-0.05, 0) is 67.1 Å². The van der Waals surface area contributed by atoms with E-state index >= 15 is 0 Å². The Bertz CT molecular complexity index is 376. The molecule has 1 atom stereocenters. The van der Waals surface area contributed by atoms with Crippen molar-refractivity contribution >= 4 is 27.3 Å². The molecule has 2 nitrogen and oxygen atoms in total. The van der Waals surface area contributed by atoms with Crippen molar-refractivity contribution in [2.75, 3.05) is 13.2 Å². The topological polar surface area (TPSA) is 21.3 Å². The zero-order valence-electron chi connectivity index (χ0n) is 11.8. The molecular weight excluding hydrogens is 322 g/mol. The first kappa shape index (κ1) is 15.5. The molecule has 1 aromatic heterocycles. The molecule has 1 unspecified atom stereocenters. The van der Waals surface area contributed by atoms with Gasteiger partial charge in [-0.1, -0.05) is 6.92 Å². The van der Waals surface area contributed by atoms with E-state index in [0.717, 1.165) is 25.5 Å². The number of likely N-dealkylation sites (N-methyl/N-ethyl adjacent to an activating group) is 1. The maximum absolute atomic E-state index is 5.65. The van der Waals surface area contributed by atoms with Crippen LogP contribution in [0.3, 0.4) is 0 Å². The molecule has 19 heavy (non-hydrogen) atoms. The van der Waals surface area contributed by atoms with Crippen LogP contribution in [0.25, 0.3) is 0 Å². The molecule has 1 N–H and O–H groups in total. The molecule has 1 aromatic rings. The minimum atomic E-state index is 0.535. The molecule has 0 radical (unpaired) electrons. The van der Waals surface area contributed by atoms with Gasteiger partial charge in [-0.3, -0.25) is 0 Å². The predicted octanol–water partition coefficient (Wildman–Crippen LogP) is 4.24. The zero-order valence-corrected chi connectivity index (χ0v) is 14.2. The van der Waals surface area contributed by atoms with E-state index in [1.807, 2.05) is 11.3 Å². The van der Waals surface area contributed by atoms with Crippen LogP contribution >= 0.6 is 27.3 Å². The highest BCUT2D eigenvalue weighted by molar-refractivity contribution is 9.10. The summed E-state index contributed by atoms with van der Waals surface area (Å²) in [7, 11) is 0. The van der Waals surface area contributed by atoms with Crippen molar-refractivity contribution < 1.29 is 4.74 Å². The van der Waals surface area contributed by atoms with Crippen LogP contribution in [0.4, 0.5) is 0 Å². The second kappa shape index (κ2) is 7.77. The van der Waals surface area contributed by atoms with Gasteiger partial charge in [0.2, 0.25) is 0 Å². The number of ether oxygens (including phenoxy) is 1. The van der Waals surface area contributed by atoms with E-state index in [2.05, 4.69) is 46.5 Å². The van der Waals surface area contributed by atoms with Crippen LogP contribution < -0.4 is 5.32 Å². The molecule has 0 spiro atoms. The van der Waals surface area contributed by atoms with Crippen molar-refractivity contribution in [3.8, 4) is 0 Å². The Labute approximate surface area is 129 Å². The Kier molecular flexibility index (Phi) is 6.33. The van der Waals surface area contributed by atoms with Gasteiger partial charge < -0.3 is 10.1 Å². The highest BCUT2D eigenvalue weighted by atomic mass is 79.9. The van der Waals surface area contributed by atoms with Crippen molar-refractivity contribution in [1.82, 2.24) is 5.32 Å². The third kappa shape index (κ3) is 4.85. The Morgan fingerprint density at radius 2 is 2.26 bits per heavy atom. The van der Waals surface area contributed by atoms with Crippen LogP contribution in [0, 0.1) is 5.92 Å². The summed E-state index contributed by atoms with van der Waals surface area (Å²) in [4.78, 5) is 1.47. The largest absolute Gasteiger partial charge is 0.378 e. The predicted molar refractivity (Wildman–Crippen MR) is 85.9 cm³/mol. The van der Waals surface area contributed by atoms with Gasteiger partial charge in [0.15, 0.2) is 0 Å². The van der Waals surface area contributed by atoms with Crippen LogP contribution in [0.2, 0.25) is 0 Å². The highest BCUT2D eigenvalue weighted by Crippen LogP contribution is 2.34. The Balaban J connectivity index is 1.77. The van der Waals surface area contributed by atoms with E-state index in [9.17, 15) is 0 Å². The van der Waals surface area contributed by atoms with Crippen LogP contribution in [0.15, 0.2) is 15.9 Å². The number of hydrogen-bond donors (Lipinski definition) is 1. The van der Waals surface area contributed by atoms with Gasteiger partial charge in [0, 0.05) is 27.4 Å². The number of thiophene rings is 1. The van der Waals surface area contributed by atoms with Gasteiger partial charge in [-0.25, -0.2) is 0 Å². The number of nitrogens with one attached hydrogen (secondary N) is 1. The first-order valence-corrected chi connectivity index (χ1v) is 8.96. The molecular formula is C15H24BrNOS. The van der Waals surface area contributed by atoms with Gasteiger partial charge in [0.05, 0.1) is 6.10 Å². The van der Waals surface area contributed by atoms with E-state index in [0.29, 0.717) is 12.1 Å². The lowest BCUT2D eigenvalue weighted by Gasteiger charge is -2.37. The van der Waals surface area contributed by atoms with Crippen LogP contribution in [-0.4, -0.2) is 25.3 Å². The summed E-state index contributed by atoms with van der Waals surface area (Å²) in [5.74, 6) is 0.851. The maximum atomic E-state index is 5.65. The van der Waals surface area contributed by atoms with Crippen LogP contribution in [0.5, 0.6) is 0 Å². The SMILES string of the molecule is CCNC(Cc1cc(Br)cs1)CC1CC(OCC)C1. The van der Waals surface area contributed by atoms with Crippen LogP contribution in [0.1, 0.15) is 38.0 Å². The van der Waals surface area contributed by atoms with E-state index in [4.69, 9.17) is 4.74 Å². The van der Waals surface area contributed by atoms with Gasteiger partial charge in [0.1, 0.15) is 0 Å². The normalized spacial score (nSPS) is 24.2. The summed E-state index contributed by atoms with van der Waals surface area (Å²) >= 11 is 5.39. The first-order chi connectivity index (χ1) is 9.21. The Morgan fingerprint density at radius 1 is 1.47 bits per heavy atom.